The minimum absolute atomic E-state index is 0.0394. The summed E-state index contributed by atoms with van der Waals surface area (Å²) in [7, 11) is 0. The van der Waals surface area contributed by atoms with Crippen LogP contribution in [0.1, 0.15) is 5.76 Å². The summed E-state index contributed by atoms with van der Waals surface area (Å²) in [6.07, 6.45) is 0. The number of rotatable bonds is 3. The number of thioether (sulfide) groups is 1. The normalized spacial score (nSPS) is 14.0. The number of carbonyl (C=O) groups is 2. The molecule has 6 nitrogen and oxygen atoms in total. The molecule has 0 spiro atoms. The summed E-state index contributed by atoms with van der Waals surface area (Å²) in [6.45, 7) is 1.70. The second-order valence-electron chi connectivity index (χ2n) is 4.61. The van der Waals surface area contributed by atoms with E-state index in [0.717, 1.165) is 10.6 Å². The van der Waals surface area contributed by atoms with E-state index >= 15 is 0 Å². The monoisotopic (exact) mass is 303 g/mol. The summed E-state index contributed by atoms with van der Waals surface area (Å²) >= 11 is 1.48. The SMILES string of the molecule is Cc1cc(NC(=O)CN2C(=O)CSc3ccccc32)no1. The van der Waals surface area contributed by atoms with Crippen molar-refractivity contribution in [1.29, 1.82) is 0 Å². The molecule has 108 valence electrons. The highest BCUT2D eigenvalue weighted by Crippen LogP contribution is 2.34. The van der Waals surface area contributed by atoms with E-state index in [2.05, 4.69) is 10.5 Å². The quantitative estimate of drug-likeness (QED) is 0.939. The van der Waals surface area contributed by atoms with Crippen molar-refractivity contribution in [3.8, 4) is 0 Å². The van der Waals surface area contributed by atoms with Crippen molar-refractivity contribution in [3.63, 3.8) is 0 Å². The molecule has 7 heteroatoms. The van der Waals surface area contributed by atoms with Gasteiger partial charge < -0.3 is 14.7 Å². The first-order valence-corrected chi connectivity index (χ1v) is 7.37. The fourth-order valence-electron chi connectivity index (χ4n) is 2.08. The number of carbonyl (C=O) groups excluding carboxylic acids is 2. The summed E-state index contributed by atoms with van der Waals surface area (Å²) < 4.78 is 4.88. The highest BCUT2D eigenvalue weighted by molar-refractivity contribution is 8.00. The van der Waals surface area contributed by atoms with E-state index in [1.165, 1.54) is 16.7 Å². The average Bonchev–Trinajstić information content (AvgIpc) is 2.87. The molecule has 1 aliphatic heterocycles. The first-order chi connectivity index (χ1) is 10.1. The predicted molar refractivity (Wildman–Crippen MR) is 79.4 cm³/mol. The van der Waals surface area contributed by atoms with Crippen LogP contribution in [0.5, 0.6) is 0 Å². The van der Waals surface area contributed by atoms with E-state index < -0.39 is 0 Å². The third kappa shape index (κ3) is 2.92. The lowest BCUT2D eigenvalue weighted by Gasteiger charge is -2.28. The van der Waals surface area contributed by atoms with Gasteiger partial charge in [-0.2, -0.15) is 0 Å². The zero-order valence-corrected chi connectivity index (χ0v) is 12.1. The van der Waals surface area contributed by atoms with E-state index in [0.29, 0.717) is 17.3 Å². The van der Waals surface area contributed by atoms with Gasteiger partial charge in [-0.15, -0.1) is 11.8 Å². The van der Waals surface area contributed by atoms with Crippen LogP contribution >= 0.6 is 11.8 Å². The van der Waals surface area contributed by atoms with Gasteiger partial charge in [0.2, 0.25) is 11.8 Å². The molecule has 2 aromatic rings. The highest BCUT2D eigenvalue weighted by atomic mass is 32.2. The van der Waals surface area contributed by atoms with Crippen molar-refractivity contribution in [2.45, 2.75) is 11.8 Å². The van der Waals surface area contributed by atoms with Gasteiger partial charge in [-0.25, -0.2) is 0 Å². The zero-order chi connectivity index (χ0) is 14.8. The second-order valence-corrected chi connectivity index (χ2v) is 5.62. The minimum atomic E-state index is -0.307. The van der Waals surface area contributed by atoms with E-state index in [-0.39, 0.29) is 18.4 Å². The lowest BCUT2D eigenvalue weighted by atomic mass is 10.2. The number of hydrogen-bond acceptors (Lipinski definition) is 5. The summed E-state index contributed by atoms with van der Waals surface area (Å²) in [5, 5.41) is 6.31. The van der Waals surface area contributed by atoms with Crippen LogP contribution in [0.15, 0.2) is 39.8 Å². The maximum Gasteiger partial charge on any atom is 0.245 e. The van der Waals surface area contributed by atoms with Gasteiger partial charge >= 0.3 is 0 Å². The maximum absolute atomic E-state index is 12.1. The van der Waals surface area contributed by atoms with E-state index in [1.54, 1.807) is 13.0 Å². The van der Waals surface area contributed by atoms with Crippen LogP contribution in [0, 0.1) is 6.92 Å². The Morgan fingerprint density at radius 1 is 1.48 bits per heavy atom. The second kappa shape index (κ2) is 5.61. The van der Waals surface area contributed by atoms with E-state index in [9.17, 15) is 9.59 Å². The van der Waals surface area contributed by atoms with Gasteiger partial charge in [0, 0.05) is 11.0 Å². The smallest absolute Gasteiger partial charge is 0.245 e. The third-order valence-corrected chi connectivity index (χ3v) is 4.05. The van der Waals surface area contributed by atoms with Crippen molar-refractivity contribution < 1.29 is 14.1 Å². The molecule has 0 fully saturated rings. The van der Waals surface area contributed by atoms with Gasteiger partial charge in [-0.3, -0.25) is 9.59 Å². The molecule has 2 heterocycles. The Morgan fingerprint density at radius 3 is 3.05 bits per heavy atom. The van der Waals surface area contributed by atoms with Gasteiger partial charge in [-0.1, -0.05) is 17.3 Å². The molecule has 21 heavy (non-hydrogen) atoms. The number of para-hydroxylation sites is 1. The largest absolute Gasteiger partial charge is 0.360 e. The predicted octanol–water partition coefficient (Wildman–Crippen LogP) is 2.06. The lowest BCUT2D eigenvalue weighted by Crippen LogP contribution is -2.41. The Morgan fingerprint density at radius 2 is 2.29 bits per heavy atom. The fraction of sp³-hybridized carbons (Fsp3) is 0.214. The molecule has 0 atom stereocenters. The summed E-state index contributed by atoms with van der Waals surface area (Å²) in [6, 6.07) is 9.17. The minimum Gasteiger partial charge on any atom is -0.360 e. The molecule has 0 saturated carbocycles. The maximum atomic E-state index is 12.1. The molecular weight excluding hydrogens is 290 g/mol. The molecule has 1 N–H and O–H groups in total. The van der Waals surface area contributed by atoms with Crippen molar-refractivity contribution in [2.24, 2.45) is 0 Å². The fourth-order valence-corrected chi connectivity index (χ4v) is 3.01. The first-order valence-electron chi connectivity index (χ1n) is 6.39. The molecular formula is C14H13N3O3S. The van der Waals surface area contributed by atoms with Crippen LogP contribution in [0.3, 0.4) is 0 Å². The third-order valence-electron chi connectivity index (χ3n) is 3.01. The van der Waals surface area contributed by atoms with Gasteiger partial charge in [-0.05, 0) is 19.1 Å². The van der Waals surface area contributed by atoms with Gasteiger partial charge in [0.15, 0.2) is 5.82 Å². The molecule has 1 aromatic carbocycles. The van der Waals surface area contributed by atoms with Crippen molar-refractivity contribution in [3.05, 3.63) is 36.1 Å². The number of hydrogen-bond donors (Lipinski definition) is 1. The zero-order valence-electron chi connectivity index (χ0n) is 11.3. The number of fused-ring (bicyclic) bond motifs is 1. The molecule has 0 radical (unpaired) electrons. The van der Waals surface area contributed by atoms with Crippen LogP contribution < -0.4 is 10.2 Å². The first kappa shape index (κ1) is 13.7. The topological polar surface area (TPSA) is 75.4 Å². The van der Waals surface area contributed by atoms with Gasteiger partial charge in [0.05, 0.1) is 11.4 Å². The number of amides is 2. The van der Waals surface area contributed by atoms with Gasteiger partial charge in [0.1, 0.15) is 12.3 Å². The molecule has 0 saturated heterocycles. The number of benzene rings is 1. The molecule has 3 rings (SSSR count). The average molecular weight is 303 g/mol. The van der Waals surface area contributed by atoms with Crippen molar-refractivity contribution in [1.82, 2.24) is 5.16 Å². The highest BCUT2D eigenvalue weighted by Gasteiger charge is 2.26. The van der Waals surface area contributed by atoms with Crippen LogP contribution in [-0.2, 0) is 9.59 Å². The molecule has 0 unspecified atom stereocenters. The number of nitrogens with zero attached hydrogens (tertiary/aromatic N) is 2. The van der Waals surface area contributed by atoms with Crippen LogP contribution in [0.25, 0.3) is 0 Å². The van der Waals surface area contributed by atoms with Crippen LogP contribution in [-0.4, -0.2) is 29.3 Å². The number of nitrogens with one attached hydrogen (secondary N) is 1. The molecule has 0 bridgehead atoms. The number of aromatic nitrogens is 1. The lowest BCUT2D eigenvalue weighted by molar-refractivity contribution is -0.120. The molecule has 1 aromatic heterocycles. The van der Waals surface area contributed by atoms with E-state index in [4.69, 9.17) is 4.52 Å². The summed E-state index contributed by atoms with van der Waals surface area (Å²) in [5.41, 5.74) is 0.769. The van der Waals surface area contributed by atoms with Crippen LogP contribution in [0.2, 0.25) is 0 Å². The Bertz CT molecular complexity index is 698. The standard InChI is InChI=1S/C14H13N3O3S/c1-9-6-12(16-20-9)15-13(18)7-17-10-4-2-3-5-11(10)21-8-14(17)19/h2-6H,7-8H2,1H3,(H,15,16,18). The van der Waals surface area contributed by atoms with Crippen molar-refractivity contribution >= 4 is 35.1 Å². The van der Waals surface area contributed by atoms with Gasteiger partial charge in [0.25, 0.3) is 0 Å². The summed E-state index contributed by atoms with van der Waals surface area (Å²) in [5.74, 6) is 0.919. The Hall–Kier alpha value is -2.28. The Kier molecular flexibility index (Phi) is 3.66. The number of aryl methyl sites for hydroxylation is 1. The molecule has 1 aliphatic rings. The molecule has 0 aliphatic carbocycles. The Labute approximate surface area is 125 Å². The molecule has 2 amide bonds. The van der Waals surface area contributed by atoms with Crippen molar-refractivity contribution in [2.75, 3.05) is 22.5 Å². The number of anilines is 2. The summed E-state index contributed by atoms with van der Waals surface area (Å²) in [4.78, 5) is 26.6. The van der Waals surface area contributed by atoms with Crippen LogP contribution in [0.4, 0.5) is 11.5 Å². The van der Waals surface area contributed by atoms with E-state index in [1.807, 2.05) is 24.3 Å². The Balaban J connectivity index is 1.74.